The van der Waals surface area contributed by atoms with Crippen LogP contribution in [0, 0.1) is 0 Å². The van der Waals surface area contributed by atoms with Gasteiger partial charge in [-0.05, 0) is 24.6 Å². The molecule has 1 aromatic heterocycles. The van der Waals surface area contributed by atoms with Crippen molar-refractivity contribution >= 4 is 5.97 Å². The number of carbonyl (C=O) groups excluding carboxylic acids is 1. The van der Waals surface area contributed by atoms with Gasteiger partial charge in [0.15, 0.2) is 0 Å². The van der Waals surface area contributed by atoms with Gasteiger partial charge in [0.2, 0.25) is 0 Å². The number of hydrogen-bond acceptors (Lipinski definition) is 4. The quantitative estimate of drug-likeness (QED) is 0.794. The molecule has 1 unspecified atom stereocenters. The van der Waals surface area contributed by atoms with Crippen LogP contribution in [0.15, 0.2) is 54.7 Å². The summed E-state index contributed by atoms with van der Waals surface area (Å²) in [6.07, 6.45) is 2.54. The molecule has 2 aromatic rings. The third kappa shape index (κ3) is 4.68. The van der Waals surface area contributed by atoms with Gasteiger partial charge >= 0.3 is 5.97 Å². The third-order valence-electron chi connectivity index (χ3n) is 3.11. The van der Waals surface area contributed by atoms with E-state index in [4.69, 9.17) is 4.74 Å². The van der Waals surface area contributed by atoms with E-state index in [9.17, 15) is 4.79 Å². The van der Waals surface area contributed by atoms with Crippen molar-refractivity contribution < 1.29 is 9.53 Å². The highest BCUT2D eigenvalue weighted by molar-refractivity contribution is 5.77. The van der Waals surface area contributed by atoms with E-state index in [1.54, 1.807) is 6.20 Å². The largest absolute Gasteiger partial charge is 0.465 e. The average Bonchev–Trinajstić information content (AvgIpc) is 2.53. The number of carbonyl (C=O) groups is 1. The second-order valence-corrected chi connectivity index (χ2v) is 4.62. The lowest BCUT2D eigenvalue weighted by Gasteiger charge is -2.17. The van der Waals surface area contributed by atoms with Crippen LogP contribution < -0.4 is 5.32 Å². The second-order valence-electron chi connectivity index (χ2n) is 4.62. The highest BCUT2D eigenvalue weighted by Crippen LogP contribution is 2.14. The number of hydrogen-bond donors (Lipinski definition) is 1. The molecule has 4 heteroatoms. The lowest BCUT2D eigenvalue weighted by Crippen LogP contribution is -2.31. The van der Waals surface area contributed by atoms with Gasteiger partial charge in [0.1, 0.15) is 6.04 Å². The van der Waals surface area contributed by atoms with Crippen LogP contribution in [-0.4, -0.2) is 24.1 Å². The van der Waals surface area contributed by atoms with E-state index in [0.717, 1.165) is 17.7 Å². The molecular formula is C17H20N2O2. The van der Waals surface area contributed by atoms with Crippen LogP contribution >= 0.6 is 0 Å². The molecule has 2 rings (SSSR count). The first-order valence-corrected chi connectivity index (χ1v) is 7.16. The molecule has 0 aliphatic rings. The molecule has 0 bridgehead atoms. The van der Waals surface area contributed by atoms with Crippen molar-refractivity contribution in [3.05, 3.63) is 66.0 Å². The van der Waals surface area contributed by atoms with Gasteiger partial charge in [0, 0.05) is 24.9 Å². The molecule has 4 nitrogen and oxygen atoms in total. The van der Waals surface area contributed by atoms with Crippen molar-refractivity contribution in [2.75, 3.05) is 13.2 Å². The fraction of sp³-hybridized carbons (Fsp3) is 0.294. The number of rotatable bonds is 7. The summed E-state index contributed by atoms with van der Waals surface area (Å²) in [7, 11) is 0. The molecule has 0 saturated carbocycles. The van der Waals surface area contributed by atoms with Gasteiger partial charge in [-0.1, -0.05) is 36.4 Å². The Morgan fingerprint density at radius 3 is 2.62 bits per heavy atom. The van der Waals surface area contributed by atoms with E-state index >= 15 is 0 Å². The van der Waals surface area contributed by atoms with Crippen molar-refractivity contribution in [3.63, 3.8) is 0 Å². The molecule has 1 atom stereocenters. The molecule has 0 spiro atoms. The molecule has 21 heavy (non-hydrogen) atoms. The summed E-state index contributed by atoms with van der Waals surface area (Å²) in [6, 6.07) is 15.0. The molecule has 110 valence electrons. The van der Waals surface area contributed by atoms with Crippen LogP contribution in [0.2, 0.25) is 0 Å². The first-order chi connectivity index (χ1) is 10.3. The summed E-state index contributed by atoms with van der Waals surface area (Å²) in [5, 5.41) is 3.25. The van der Waals surface area contributed by atoms with Gasteiger partial charge in [-0.25, -0.2) is 4.79 Å². The molecule has 1 aromatic carbocycles. The molecule has 1 heterocycles. The Balaban J connectivity index is 1.98. The average molecular weight is 284 g/mol. The number of benzene rings is 1. The fourth-order valence-electron chi connectivity index (χ4n) is 2.10. The van der Waals surface area contributed by atoms with Crippen molar-refractivity contribution in [2.45, 2.75) is 19.4 Å². The Morgan fingerprint density at radius 2 is 1.95 bits per heavy atom. The summed E-state index contributed by atoms with van der Waals surface area (Å²) < 4.78 is 5.14. The highest BCUT2D eigenvalue weighted by Gasteiger charge is 2.20. The van der Waals surface area contributed by atoms with E-state index < -0.39 is 6.04 Å². The molecule has 0 radical (unpaired) electrons. The predicted octanol–water partition coefficient (Wildman–Crippen LogP) is 2.52. The normalized spacial score (nSPS) is 11.9. The molecule has 0 saturated heterocycles. The van der Waals surface area contributed by atoms with Crippen LogP contribution in [0.5, 0.6) is 0 Å². The molecule has 0 aliphatic heterocycles. The van der Waals surface area contributed by atoms with E-state index in [0.29, 0.717) is 13.2 Å². The summed E-state index contributed by atoms with van der Waals surface area (Å²) in [5.74, 6) is -0.246. The van der Waals surface area contributed by atoms with Crippen molar-refractivity contribution in [3.8, 4) is 0 Å². The summed E-state index contributed by atoms with van der Waals surface area (Å²) in [6.45, 7) is 2.85. The summed E-state index contributed by atoms with van der Waals surface area (Å²) in [4.78, 5) is 16.4. The SMILES string of the molecule is CCOC(=O)C(NCCc1ccccn1)c1ccccc1. The second kappa shape index (κ2) is 8.17. The summed E-state index contributed by atoms with van der Waals surface area (Å²) in [5.41, 5.74) is 1.91. The standard InChI is InChI=1S/C17H20N2O2/c1-2-21-17(20)16(14-8-4-3-5-9-14)19-13-11-15-10-6-7-12-18-15/h3-10,12,16,19H,2,11,13H2,1H3. The maximum absolute atomic E-state index is 12.1. The van der Waals surface area contributed by atoms with Gasteiger partial charge in [-0.15, -0.1) is 0 Å². The lowest BCUT2D eigenvalue weighted by atomic mass is 10.1. The van der Waals surface area contributed by atoms with Gasteiger partial charge in [-0.3, -0.25) is 4.98 Å². The Morgan fingerprint density at radius 1 is 1.19 bits per heavy atom. The Labute approximate surface area is 125 Å². The zero-order chi connectivity index (χ0) is 14.9. The molecular weight excluding hydrogens is 264 g/mol. The van der Waals surface area contributed by atoms with Crippen molar-refractivity contribution in [1.82, 2.24) is 10.3 Å². The van der Waals surface area contributed by atoms with Crippen molar-refractivity contribution in [1.29, 1.82) is 0 Å². The topological polar surface area (TPSA) is 51.2 Å². The minimum absolute atomic E-state index is 0.246. The Bertz CT molecular complexity index is 543. The highest BCUT2D eigenvalue weighted by atomic mass is 16.5. The first-order valence-electron chi connectivity index (χ1n) is 7.16. The van der Waals surface area contributed by atoms with Crippen LogP contribution in [0.25, 0.3) is 0 Å². The number of nitrogens with zero attached hydrogens (tertiary/aromatic N) is 1. The monoisotopic (exact) mass is 284 g/mol. The zero-order valence-corrected chi connectivity index (χ0v) is 12.2. The van der Waals surface area contributed by atoms with E-state index in [1.807, 2.05) is 55.5 Å². The maximum atomic E-state index is 12.1. The van der Waals surface area contributed by atoms with E-state index in [1.165, 1.54) is 0 Å². The number of pyridine rings is 1. The van der Waals surface area contributed by atoms with Gasteiger partial charge < -0.3 is 10.1 Å². The Kier molecular flexibility index (Phi) is 5.91. The minimum Gasteiger partial charge on any atom is -0.465 e. The number of esters is 1. The number of ether oxygens (including phenoxy) is 1. The smallest absolute Gasteiger partial charge is 0.327 e. The maximum Gasteiger partial charge on any atom is 0.327 e. The minimum atomic E-state index is -0.435. The van der Waals surface area contributed by atoms with Crippen LogP contribution in [-0.2, 0) is 16.0 Å². The van der Waals surface area contributed by atoms with Crippen LogP contribution in [0.1, 0.15) is 24.2 Å². The molecule has 0 aliphatic carbocycles. The van der Waals surface area contributed by atoms with E-state index in [-0.39, 0.29) is 5.97 Å². The first kappa shape index (κ1) is 15.2. The van der Waals surface area contributed by atoms with Crippen molar-refractivity contribution in [2.24, 2.45) is 0 Å². The molecule has 1 N–H and O–H groups in total. The Hall–Kier alpha value is -2.20. The van der Waals surface area contributed by atoms with Gasteiger partial charge in [-0.2, -0.15) is 0 Å². The van der Waals surface area contributed by atoms with Gasteiger partial charge in [0.05, 0.1) is 6.61 Å². The fourth-order valence-corrected chi connectivity index (χ4v) is 2.10. The van der Waals surface area contributed by atoms with E-state index in [2.05, 4.69) is 10.3 Å². The number of aromatic nitrogens is 1. The van der Waals surface area contributed by atoms with Crippen LogP contribution in [0.3, 0.4) is 0 Å². The van der Waals surface area contributed by atoms with Gasteiger partial charge in [0.25, 0.3) is 0 Å². The van der Waals surface area contributed by atoms with Crippen LogP contribution in [0.4, 0.5) is 0 Å². The molecule has 0 amide bonds. The number of nitrogens with one attached hydrogen (secondary N) is 1. The third-order valence-corrected chi connectivity index (χ3v) is 3.11. The lowest BCUT2D eigenvalue weighted by molar-refractivity contribution is -0.145. The zero-order valence-electron chi connectivity index (χ0n) is 12.2. The summed E-state index contributed by atoms with van der Waals surface area (Å²) >= 11 is 0. The molecule has 0 fully saturated rings. The predicted molar refractivity (Wildman–Crippen MR) is 81.8 cm³/mol.